The first-order valence-electron chi connectivity index (χ1n) is 8.41. The summed E-state index contributed by atoms with van der Waals surface area (Å²) >= 11 is 7.16. The quantitative estimate of drug-likeness (QED) is 0.460. The van der Waals surface area contributed by atoms with Crippen LogP contribution in [-0.2, 0) is 0 Å². The predicted octanol–water partition coefficient (Wildman–Crippen LogP) is 5.10. The molecule has 0 saturated carbocycles. The van der Waals surface area contributed by atoms with E-state index in [1.165, 1.54) is 30.7 Å². The molecule has 0 aliphatic heterocycles. The third kappa shape index (κ3) is 4.08. The van der Waals surface area contributed by atoms with Crippen molar-refractivity contribution in [1.82, 2.24) is 9.97 Å². The molecule has 146 valence electrons. The highest BCUT2D eigenvalue weighted by atomic mass is 35.5. The summed E-state index contributed by atoms with van der Waals surface area (Å²) in [5.74, 6) is 0.545. The highest BCUT2D eigenvalue weighted by Crippen LogP contribution is 2.33. The standard InChI is InChI=1S/C20H14ClN3O4S/c1-27-15-8-9-22-17(18(15)25)19(26)24-20-23-14-7-6-13(10-16(14)29-20)28-12-4-2-11(21)3-5-12/h2-10,25H,1H3,(H,23,24,26). The number of aromatic hydroxyl groups is 1. The maximum absolute atomic E-state index is 12.5. The van der Waals surface area contributed by atoms with E-state index < -0.39 is 5.91 Å². The second-order valence-electron chi connectivity index (χ2n) is 5.87. The van der Waals surface area contributed by atoms with Crippen LogP contribution in [0, 0.1) is 0 Å². The molecule has 2 N–H and O–H groups in total. The number of methoxy groups -OCH3 is 1. The average molecular weight is 428 g/mol. The van der Waals surface area contributed by atoms with Gasteiger partial charge in [-0.05, 0) is 36.4 Å². The van der Waals surface area contributed by atoms with Crippen molar-refractivity contribution in [1.29, 1.82) is 0 Å². The summed E-state index contributed by atoms with van der Waals surface area (Å²) in [6.07, 6.45) is 1.38. The van der Waals surface area contributed by atoms with Crippen LogP contribution in [0.25, 0.3) is 10.2 Å². The van der Waals surface area contributed by atoms with Crippen molar-refractivity contribution in [3.63, 3.8) is 0 Å². The van der Waals surface area contributed by atoms with Gasteiger partial charge in [-0.25, -0.2) is 9.97 Å². The van der Waals surface area contributed by atoms with E-state index in [9.17, 15) is 9.90 Å². The van der Waals surface area contributed by atoms with E-state index >= 15 is 0 Å². The van der Waals surface area contributed by atoms with Crippen molar-refractivity contribution >= 4 is 44.2 Å². The number of hydrogen-bond acceptors (Lipinski definition) is 7. The smallest absolute Gasteiger partial charge is 0.280 e. The number of ether oxygens (including phenoxy) is 2. The van der Waals surface area contributed by atoms with Gasteiger partial charge in [-0.1, -0.05) is 22.9 Å². The van der Waals surface area contributed by atoms with Crippen LogP contribution in [0.1, 0.15) is 10.5 Å². The molecule has 0 aliphatic rings. The Hall–Kier alpha value is -3.36. The van der Waals surface area contributed by atoms with Crippen LogP contribution in [0.4, 0.5) is 5.13 Å². The Bertz CT molecular complexity index is 1190. The number of halogens is 1. The van der Waals surface area contributed by atoms with Crippen molar-refractivity contribution in [3.8, 4) is 23.0 Å². The Morgan fingerprint density at radius 1 is 1.14 bits per heavy atom. The number of carbonyl (C=O) groups is 1. The SMILES string of the molecule is COc1ccnc(C(=O)Nc2nc3ccc(Oc4ccc(Cl)cc4)cc3s2)c1O. The molecule has 0 bridgehead atoms. The first-order chi connectivity index (χ1) is 14.0. The zero-order chi connectivity index (χ0) is 20.4. The lowest BCUT2D eigenvalue weighted by molar-refractivity contribution is 0.101. The topological polar surface area (TPSA) is 93.6 Å². The Balaban J connectivity index is 1.54. The number of anilines is 1. The largest absolute Gasteiger partial charge is 0.503 e. The molecule has 7 nitrogen and oxygen atoms in total. The lowest BCUT2D eigenvalue weighted by Crippen LogP contribution is -2.13. The van der Waals surface area contributed by atoms with Gasteiger partial charge in [0.1, 0.15) is 11.5 Å². The zero-order valence-electron chi connectivity index (χ0n) is 15.0. The Kier molecular flexibility index (Phi) is 5.20. The van der Waals surface area contributed by atoms with E-state index in [0.29, 0.717) is 27.2 Å². The molecule has 4 rings (SSSR count). The fourth-order valence-electron chi connectivity index (χ4n) is 2.58. The number of thiazole rings is 1. The van der Waals surface area contributed by atoms with E-state index in [4.69, 9.17) is 21.1 Å². The molecule has 2 aromatic carbocycles. The first-order valence-corrected chi connectivity index (χ1v) is 9.60. The van der Waals surface area contributed by atoms with Crippen molar-refractivity contribution < 1.29 is 19.4 Å². The van der Waals surface area contributed by atoms with E-state index in [1.54, 1.807) is 36.4 Å². The molecular weight excluding hydrogens is 414 g/mol. The van der Waals surface area contributed by atoms with Crippen LogP contribution in [0.2, 0.25) is 5.02 Å². The number of benzene rings is 2. The minimum Gasteiger partial charge on any atom is -0.503 e. The van der Waals surface area contributed by atoms with Gasteiger partial charge in [0, 0.05) is 23.4 Å². The van der Waals surface area contributed by atoms with E-state index in [1.807, 2.05) is 6.07 Å². The summed E-state index contributed by atoms with van der Waals surface area (Å²) in [5, 5.41) is 13.7. The minimum absolute atomic E-state index is 0.143. The third-order valence-corrected chi connectivity index (χ3v) is 5.14. The molecule has 4 aromatic rings. The minimum atomic E-state index is -0.585. The molecule has 0 radical (unpaired) electrons. The molecule has 0 atom stereocenters. The highest BCUT2D eigenvalue weighted by Gasteiger charge is 2.18. The molecule has 0 fully saturated rings. The second kappa shape index (κ2) is 7.94. The van der Waals surface area contributed by atoms with Gasteiger partial charge in [0.25, 0.3) is 5.91 Å². The van der Waals surface area contributed by atoms with Crippen molar-refractivity contribution in [2.45, 2.75) is 0 Å². The van der Waals surface area contributed by atoms with Gasteiger partial charge in [0.15, 0.2) is 22.3 Å². The predicted molar refractivity (Wildman–Crippen MR) is 112 cm³/mol. The fourth-order valence-corrected chi connectivity index (χ4v) is 3.60. The van der Waals surface area contributed by atoms with Gasteiger partial charge >= 0.3 is 0 Å². The van der Waals surface area contributed by atoms with Crippen LogP contribution in [0.3, 0.4) is 0 Å². The van der Waals surface area contributed by atoms with Crippen LogP contribution >= 0.6 is 22.9 Å². The number of carbonyl (C=O) groups excluding carboxylic acids is 1. The molecule has 0 saturated heterocycles. The number of rotatable bonds is 5. The summed E-state index contributed by atoms with van der Waals surface area (Å²) in [5.41, 5.74) is 0.562. The molecule has 9 heteroatoms. The molecule has 29 heavy (non-hydrogen) atoms. The summed E-state index contributed by atoms with van der Waals surface area (Å²) in [4.78, 5) is 20.8. The number of aromatic nitrogens is 2. The van der Waals surface area contributed by atoms with Crippen molar-refractivity contribution in [3.05, 3.63) is 65.4 Å². The molecule has 2 aromatic heterocycles. The Labute approximate surface area is 174 Å². The van der Waals surface area contributed by atoms with E-state index in [2.05, 4.69) is 15.3 Å². The summed E-state index contributed by atoms with van der Waals surface area (Å²) in [7, 11) is 1.40. The summed E-state index contributed by atoms with van der Waals surface area (Å²) in [6, 6.07) is 13.9. The lowest BCUT2D eigenvalue weighted by atomic mass is 10.3. The van der Waals surface area contributed by atoms with Gasteiger partial charge in [-0.3, -0.25) is 10.1 Å². The fraction of sp³-hybridized carbons (Fsp3) is 0.0500. The molecule has 0 spiro atoms. The number of pyridine rings is 1. The number of fused-ring (bicyclic) bond motifs is 1. The van der Waals surface area contributed by atoms with Gasteiger partial charge < -0.3 is 14.6 Å². The summed E-state index contributed by atoms with van der Waals surface area (Å²) < 4.78 is 11.6. The first kappa shape index (κ1) is 19.0. The molecule has 0 unspecified atom stereocenters. The summed E-state index contributed by atoms with van der Waals surface area (Å²) in [6.45, 7) is 0. The second-order valence-corrected chi connectivity index (χ2v) is 7.34. The normalized spacial score (nSPS) is 10.7. The van der Waals surface area contributed by atoms with Crippen molar-refractivity contribution in [2.75, 3.05) is 12.4 Å². The number of nitrogens with one attached hydrogen (secondary N) is 1. The monoisotopic (exact) mass is 427 g/mol. The molecule has 1 amide bonds. The van der Waals surface area contributed by atoms with E-state index in [-0.39, 0.29) is 17.2 Å². The van der Waals surface area contributed by atoms with E-state index in [0.717, 1.165) is 4.70 Å². The average Bonchev–Trinajstić information content (AvgIpc) is 3.11. The van der Waals surface area contributed by atoms with Gasteiger partial charge in [0.2, 0.25) is 0 Å². The van der Waals surface area contributed by atoms with Crippen LogP contribution in [0.5, 0.6) is 23.0 Å². The highest BCUT2D eigenvalue weighted by molar-refractivity contribution is 7.22. The number of nitrogens with zero attached hydrogens (tertiary/aromatic N) is 2. The Morgan fingerprint density at radius 3 is 2.66 bits per heavy atom. The van der Waals surface area contributed by atoms with Crippen molar-refractivity contribution in [2.24, 2.45) is 0 Å². The maximum Gasteiger partial charge on any atom is 0.280 e. The number of amides is 1. The van der Waals surface area contributed by atoms with Gasteiger partial charge in [-0.15, -0.1) is 0 Å². The number of hydrogen-bond donors (Lipinski definition) is 2. The van der Waals surface area contributed by atoms with Crippen LogP contribution in [0.15, 0.2) is 54.7 Å². The molecule has 0 aliphatic carbocycles. The van der Waals surface area contributed by atoms with Gasteiger partial charge in [0.05, 0.1) is 17.3 Å². The van der Waals surface area contributed by atoms with Crippen LogP contribution in [-0.4, -0.2) is 28.1 Å². The van der Waals surface area contributed by atoms with Gasteiger partial charge in [-0.2, -0.15) is 0 Å². The molecule has 2 heterocycles. The maximum atomic E-state index is 12.5. The Morgan fingerprint density at radius 2 is 1.90 bits per heavy atom. The lowest BCUT2D eigenvalue weighted by Gasteiger charge is -2.06. The molecular formula is C20H14ClN3O4S. The van der Waals surface area contributed by atoms with Crippen LogP contribution < -0.4 is 14.8 Å². The third-order valence-electron chi connectivity index (χ3n) is 3.95. The zero-order valence-corrected chi connectivity index (χ0v) is 16.6.